The molecule has 0 fully saturated rings. The molecular weight excluding hydrogens is 332 g/mol. The normalized spacial score (nSPS) is 11.2. The summed E-state index contributed by atoms with van der Waals surface area (Å²) in [5.41, 5.74) is 4.03. The highest BCUT2D eigenvalue weighted by Gasteiger charge is 2.15. The van der Waals surface area contributed by atoms with Gasteiger partial charge in [0.2, 0.25) is 5.88 Å². The molecule has 0 unspecified atom stereocenters. The first kappa shape index (κ1) is 18.8. The lowest BCUT2D eigenvalue weighted by molar-refractivity contribution is 0.448. The van der Waals surface area contributed by atoms with Crippen molar-refractivity contribution < 1.29 is 5.11 Å². The highest BCUT2D eigenvalue weighted by Crippen LogP contribution is 2.29. The summed E-state index contributed by atoms with van der Waals surface area (Å²) in [4.78, 5) is 0. The van der Waals surface area contributed by atoms with Crippen molar-refractivity contribution in [2.75, 3.05) is 0 Å². The van der Waals surface area contributed by atoms with Crippen LogP contribution in [0.5, 0.6) is 5.88 Å². The number of rotatable bonds is 2. The van der Waals surface area contributed by atoms with Crippen molar-refractivity contribution >= 4 is 34.7 Å². The zero-order valence-electron chi connectivity index (χ0n) is 13.4. The molecule has 5 heteroatoms. The number of halogens is 1. The molecule has 0 saturated heterocycles. The first-order valence-electron chi connectivity index (χ1n) is 7.50. The van der Waals surface area contributed by atoms with E-state index in [1.54, 1.807) is 10.7 Å². The largest absolute Gasteiger partial charge is 0.492 e. The van der Waals surface area contributed by atoms with Crippen molar-refractivity contribution in [3.63, 3.8) is 0 Å². The van der Waals surface area contributed by atoms with E-state index >= 15 is 0 Å². The van der Waals surface area contributed by atoms with E-state index in [2.05, 4.69) is 38.0 Å². The molecule has 0 aliphatic rings. The van der Waals surface area contributed by atoms with Crippen LogP contribution < -0.4 is 0 Å². The molecule has 0 aliphatic heterocycles. The quantitative estimate of drug-likeness (QED) is 0.699. The van der Waals surface area contributed by atoms with Gasteiger partial charge in [-0.25, -0.2) is 4.68 Å². The lowest BCUT2D eigenvalue weighted by atomic mass is 9.87. The molecule has 0 bridgehead atoms. The molecule has 0 amide bonds. The summed E-state index contributed by atoms with van der Waals surface area (Å²) in [6, 6.07) is 17.4. The standard InChI is InChI=1S/C19H19ClN2O.Mg.2H/c1-19(2,3)14-6-10-16(11-7-14)22-17(12-18(23)21-22)13-4-8-15(20)9-5-13;;;/h4-12H,1-3H3,(H,21,23);;;. The fourth-order valence-corrected chi connectivity index (χ4v) is 2.62. The van der Waals surface area contributed by atoms with E-state index in [9.17, 15) is 5.11 Å². The van der Waals surface area contributed by atoms with Gasteiger partial charge >= 0.3 is 23.1 Å². The molecule has 1 heterocycles. The van der Waals surface area contributed by atoms with Gasteiger partial charge in [-0.05, 0) is 35.2 Å². The van der Waals surface area contributed by atoms with Crippen LogP contribution in [0.15, 0.2) is 54.6 Å². The molecule has 0 atom stereocenters. The van der Waals surface area contributed by atoms with Gasteiger partial charge in [0, 0.05) is 16.7 Å². The maximum Gasteiger partial charge on any atom is 0.316 e. The van der Waals surface area contributed by atoms with E-state index < -0.39 is 0 Å². The van der Waals surface area contributed by atoms with Crippen molar-refractivity contribution in [1.29, 1.82) is 0 Å². The molecule has 0 radical (unpaired) electrons. The van der Waals surface area contributed by atoms with Crippen LogP contribution in [0.1, 0.15) is 26.3 Å². The third kappa shape index (κ3) is 3.94. The summed E-state index contributed by atoms with van der Waals surface area (Å²) >= 11 is 5.95. The van der Waals surface area contributed by atoms with Crippen LogP contribution in [0, 0.1) is 0 Å². The summed E-state index contributed by atoms with van der Waals surface area (Å²) in [6.07, 6.45) is 0. The van der Waals surface area contributed by atoms with E-state index in [-0.39, 0.29) is 34.3 Å². The molecule has 24 heavy (non-hydrogen) atoms. The number of benzene rings is 2. The van der Waals surface area contributed by atoms with E-state index in [0.717, 1.165) is 16.9 Å². The van der Waals surface area contributed by atoms with Gasteiger partial charge < -0.3 is 5.11 Å². The summed E-state index contributed by atoms with van der Waals surface area (Å²) < 4.78 is 1.74. The Hall–Kier alpha value is -1.49. The number of nitrogens with zero attached hydrogens (tertiary/aromatic N) is 2. The molecule has 3 aromatic rings. The summed E-state index contributed by atoms with van der Waals surface area (Å²) in [6.45, 7) is 6.54. The smallest absolute Gasteiger partial charge is 0.316 e. The molecule has 122 valence electrons. The van der Waals surface area contributed by atoms with Crippen molar-refractivity contribution in [2.24, 2.45) is 0 Å². The fourth-order valence-electron chi connectivity index (χ4n) is 2.49. The van der Waals surface area contributed by atoms with E-state index in [1.807, 2.05) is 36.4 Å². The van der Waals surface area contributed by atoms with Crippen LogP contribution in [0.2, 0.25) is 5.02 Å². The topological polar surface area (TPSA) is 38.0 Å². The summed E-state index contributed by atoms with van der Waals surface area (Å²) in [7, 11) is 0. The van der Waals surface area contributed by atoms with Crippen LogP contribution in [0.25, 0.3) is 16.9 Å². The molecule has 0 aliphatic carbocycles. The predicted molar refractivity (Wildman–Crippen MR) is 103 cm³/mol. The van der Waals surface area contributed by atoms with Crippen LogP contribution in [-0.4, -0.2) is 37.9 Å². The summed E-state index contributed by atoms with van der Waals surface area (Å²) in [5.74, 6) is -0.00477. The van der Waals surface area contributed by atoms with Crippen LogP contribution >= 0.6 is 11.6 Å². The van der Waals surface area contributed by atoms with Gasteiger partial charge in [0.1, 0.15) is 0 Å². The molecule has 1 aromatic heterocycles. The Labute approximate surface area is 163 Å². The molecule has 0 saturated carbocycles. The number of aromatic nitrogens is 2. The minimum atomic E-state index is -0.00477. The molecule has 2 aromatic carbocycles. The minimum Gasteiger partial charge on any atom is -0.492 e. The predicted octanol–water partition coefficient (Wildman–Crippen LogP) is 4.28. The Bertz CT molecular complexity index is 818. The second kappa shape index (κ2) is 7.17. The maximum atomic E-state index is 9.84. The van der Waals surface area contributed by atoms with Crippen LogP contribution in [0.4, 0.5) is 0 Å². The SMILES string of the molecule is CC(C)(C)c1ccc(-n2nc(O)cc2-c2ccc(Cl)cc2)cc1.[MgH2]. The lowest BCUT2D eigenvalue weighted by Crippen LogP contribution is -2.11. The average molecular weight is 353 g/mol. The van der Waals surface area contributed by atoms with Gasteiger partial charge in [-0.3, -0.25) is 0 Å². The van der Waals surface area contributed by atoms with E-state index in [0.29, 0.717) is 5.02 Å². The average Bonchev–Trinajstić information content (AvgIpc) is 2.89. The van der Waals surface area contributed by atoms with Gasteiger partial charge in [0.15, 0.2) is 0 Å². The first-order chi connectivity index (χ1) is 10.8. The Morgan fingerprint density at radius 3 is 2.08 bits per heavy atom. The van der Waals surface area contributed by atoms with Gasteiger partial charge in [-0.1, -0.05) is 56.6 Å². The van der Waals surface area contributed by atoms with Gasteiger partial charge in [-0.15, -0.1) is 5.10 Å². The van der Waals surface area contributed by atoms with Gasteiger partial charge in [-0.2, -0.15) is 0 Å². The van der Waals surface area contributed by atoms with Crippen molar-refractivity contribution in [3.8, 4) is 22.8 Å². The lowest BCUT2D eigenvalue weighted by Gasteiger charge is -2.19. The second-order valence-corrected chi connectivity index (χ2v) is 7.04. The highest BCUT2D eigenvalue weighted by molar-refractivity contribution is 6.30. The third-order valence-corrected chi connectivity index (χ3v) is 4.07. The third-order valence-electron chi connectivity index (χ3n) is 3.81. The Kier molecular flexibility index (Phi) is 5.63. The maximum absolute atomic E-state index is 9.84. The van der Waals surface area contributed by atoms with E-state index in [1.165, 1.54) is 5.56 Å². The minimum absolute atomic E-state index is 0. The fraction of sp³-hybridized carbons (Fsp3) is 0.211. The first-order valence-corrected chi connectivity index (χ1v) is 7.88. The Balaban J connectivity index is 0.00000208. The zero-order chi connectivity index (χ0) is 16.6. The van der Waals surface area contributed by atoms with Gasteiger partial charge in [0.25, 0.3) is 0 Å². The Morgan fingerprint density at radius 1 is 0.958 bits per heavy atom. The number of hydrogen-bond acceptors (Lipinski definition) is 2. The molecule has 3 nitrogen and oxygen atoms in total. The number of hydrogen-bond donors (Lipinski definition) is 1. The highest BCUT2D eigenvalue weighted by atomic mass is 35.5. The van der Waals surface area contributed by atoms with Crippen molar-refractivity contribution in [1.82, 2.24) is 9.78 Å². The van der Waals surface area contributed by atoms with E-state index in [4.69, 9.17) is 11.6 Å². The Morgan fingerprint density at radius 2 is 1.54 bits per heavy atom. The van der Waals surface area contributed by atoms with Crippen LogP contribution in [-0.2, 0) is 5.41 Å². The monoisotopic (exact) mass is 352 g/mol. The number of aromatic hydroxyl groups is 1. The van der Waals surface area contributed by atoms with Crippen LogP contribution in [0.3, 0.4) is 0 Å². The molecule has 3 rings (SSSR count). The van der Waals surface area contributed by atoms with Crippen molar-refractivity contribution in [3.05, 3.63) is 65.2 Å². The van der Waals surface area contributed by atoms with Gasteiger partial charge in [0.05, 0.1) is 11.4 Å². The molecule has 0 spiro atoms. The van der Waals surface area contributed by atoms with Crippen molar-refractivity contribution in [2.45, 2.75) is 26.2 Å². The second-order valence-electron chi connectivity index (χ2n) is 6.60. The molecular formula is C19H21ClMgN2O. The zero-order valence-corrected chi connectivity index (χ0v) is 14.2. The molecule has 1 N–H and O–H groups in total. The summed E-state index contributed by atoms with van der Waals surface area (Å²) in [5, 5.41) is 14.7.